The second-order valence-electron chi connectivity index (χ2n) is 10.4. The molecule has 2 aromatic rings. The molecule has 8 nitrogen and oxygen atoms in total. The van der Waals surface area contributed by atoms with Crippen LogP contribution in [0.4, 0.5) is 0 Å². The summed E-state index contributed by atoms with van der Waals surface area (Å²) in [6.45, 7) is 7.80. The number of methoxy groups -OCH3 is 1. The first-order valence-corrected chi connectivity index (χ1v) is 13.6. The third-order valence-electron chi connectivity index (χ3n) is 7.04. The van der Waals surface area contributed by atoms with Gasteiger partial charge in [0.15, 0.2) is 11.5 Å². The van der Waals surface area contributed by atoms with Crippen LogP contribution >= 0.6 is 0 Å². The average Bonchev–Trinajstić information content (AvgIpc) is 2.90. The van der Waals surface area contributed by atoms with Crippen molar-refractivity contribution in [1.82, 2.24) is 0 Å². The number of cyclic esters (lactones) is 1. The molecule has 2 aliphatic rings. The number of phenolic OH excluding ortho intramolecular Hbond substituents is 1. The molecule has 2 aliphatic heterocycles. The van der Waals surface area contributed by atoms with Gasteiger partial charge in [0, 0.05) is 24.3 Å². The third kappa shape index (κ3) is 6.73. The molecule has 0 saturated heterocycles. The summed E-state index contributed by atoms with van der Waals surface area (Å²) >= 11 is 0. The molecule has 4 rings (SSSR count). The molecule has 0 aromatic heterocycles. The molecule has 40 heavy (non-hydrogen) atoms. The van der Waals surface area contributed by atoms with E-state index >= 15 is 0 Å². The third-order valence-corrected chi connectivity index (χ3v) is 7.04. The number of rotatable bonds is 5. The Morgan fingerprint density at radius 2 is 1.90 bits per heavy atom. The number of ether oxygens (including phenoxy) is 4. The van der Waals surface area contributed by atoms with Gasteiger partial charge in [0.2, 0.25) is 0 Å². The van der Waals surface area contributed by atoms with Gasteiger partial charge in [-0.25, -0.2) is 4.79 Å². The van der Waals surface area contributed by atoms with Crippen molar-refractivity contribution in [1.29, 1.82) is 0 Å². The van der Waals surface area contributed by atoms with E-state index in [1.807, 2.05) is 13.0 Å². The molecular weight excluding hydrogens is 512 g/mol. The van der Waals surface area contributed by atoms with Crippen molar-refractivity contribution < 1.29 is 38.4 Å². The van der Waals surface area contributed by atoms with E-state index in [2.05, 4.69) is 6.58 Å². The number of benzene rings is 2. The van der Waals surface area contributed by atoms with Gasteiger partial charge in [0.05, 0.1) is 19.6 Å². The SMILES string of the molecule is C=C(C)COc1ccc([C@H]2CC(=O)Oc3cc4c(c(O)c32)C(=O)O[C@H](C)CCCC(=O)CCCC=C4)cc1OC. The second-order valence-corrected chi connectivity index (χ2v) is 10.4. The lowest BCUT2D eigenvalue weighted by molar-refractivity contribution is -0.135. The summed E-state index contributed by atoms with van der Waals surface area (Å²) in [4.78, 5) is 38.2. The molecule has 0 fully saturated rings. The van der Waals surface area contributed by atoms with Gasteiger partial charge >= 0.3 is 11.9 Å². The Labute approximate surface area is 234 Å². The number of hydrogen-bond donors (Lipinski definition) is 1. The van der Waals surface area contributed by atoms with Gasteiger partial charge in [-0.15, -0.1) is 0 Å². The van der Waals surface area contributed by atoms with Gasteiger partial charge < -0.3 is 24.1 Å². The fraction of sp³-hybridized carbons (Fsp3) is 0.406. The lowest BCUT2D eigenvalue weighted by Gasteiger charge is -2.28. The normalized spacial score (nSPS) is 19.9. The molecule has 0 radical (unpaired) electrons. The quantitative estimate of drug-likeness (QED) is 0.264. The molecule has 0 unspecified atom stereocenters. The highest BCUT2D eigenvalue weighted by molar-refractivity contribution is 5.98. The number of allylic oxidation sites excluding steroid dienone is 1. The Kier molecular flexibility index (Phi) is 9.30. The summed E-state index contributed by atoms with van der Waals surface area (Å²) in [6, 6.07) is 6.90. The highest BCUT2D eigenvalue weighted by Crippen LogP contribution is 2.48. The minimum absolute atomic E-state index is 0.0197. The first-order chi connectivity index (χ1) is 19.2. The number of aromatic hydroxyl groups is 1. The van der Waals surface area contributed by atoms with Gasteiger partial charge in [-0.1, -0.05) is 24.8 Å². The topological polar surface area (TPSA) is 108 Å². The zero-order valence-corrected chi connectivity index (χ0v) is 23.3. The van der Waals surface area contributed by atoms with E-state index in [9.17, 15) is 19.5 Å². The molecule has 0 aliphatic carbocycles. The van der Waals surface area contributed by atoms with Crippen molar-refractivity contribution >= 4 is 23.8 Å². The number of carbonyl (C=O) groups excluding carboxylic acids is 3. The largest absolute Gasteiger partial charge is 0.507 e. The Hall–Kier alpha value is -4.07. The number of carbonyl (C=O) groups is 3. The number of ketones is 1. The van der Waals surface area contributed by atoms with Crippen molar-refractivity contribution in [3.05, 3.63) is 64.7 Å². The van der Waals surface area contributed by atoms with Gasteiger partial charge in [-0.05, 0) is 74.4 Å². The Morgan fingerprint density at radius 3 is 2.65 bits per heavy atom. The summed E-state index contributed by atoms with van der Waals surface area (Å²) in [7, 11) is 1.52. The molecular formula is C32H36O8. The summed E-state index contributed by atoms with van der Waals surface area (Å²) in [5, 5.41) is 11.6. The minimum Gasteiger partial charge on any atom is -0.507 e. The van der Waals surface area contributed by atoms with E-state index in [-0.39, 0.29) is 29.3 Å². The van der Waals surface area contributed by atoms with Crippen LogP contribution in [-0.2, 0) is 14.3 Å². The van der Waals surface area contributed by atoms with Crippen molar-refractivity contribution in [2.45, 2.75) is 70.8 Å². The molecule has 2 aromatic carbocycles. The zero-order valence-electron chi connectivity index (χ0n) is 23.3. The summed E-state index contributed by atoms with van der Waals surface area (Å²) in [5.41, 5.74) is 2.28. The van der Waals surface area contributed by atoms with E-state index < -0.39 is 24.0 Å². The van der Waals surface area contributed by atoms with Crippen molar-refractivity contribution in [3.8, 4) is 23.0 Å². The van der Waals surface area contributed by atoms with Gasteiger partial charge in [-0.2, -0.15) is 0 Å². The zero-order chi connectivity index (χ0) is 28.8. The predicted octanol–water partition coefficient (Wildman–Crippen LogP) is 6.28. The monoisotopic (exact) mass is 548 g/mol. The van der Waals surface area contributed by atoms with Crippen LogP contribution in [-0.4, -0.2) is 42.6 Å². The maximum absolute atomic E-state index is 13.4. The lowest BCUT2D eigenvalue weighted by atomic mass is 9.83. The molecule has 8 heteroatoms. The molecule has 0 amide bonds. The number of phenols is 1. The Bertz CT molecular complexity index is 1340. The van der Waals surface area contributed by atoms with Crippen LogP contribution in [0.5, 0.6) is 23.0 Å². The summed E-state index contributed by atoms with van der Waals surface area (Å²) in [5.74, 6) is -0.653. The van der Waals surface area contributed by atoms with Gasteiger partial charge in [0.1, 0.15) is 29.5 Å². The fourth-order valence-corrected chi connectivity index (χ4v) is 5.02. The molecule has 0 spiro atoms. The highest BCUT2D eigenvalue weighted by atomic mass is 16.5. The number of Topliss-reactive ketones (excluding diaryl/α,β-unsaturated/α-hetero) is 1. The van der Waals surface area contributed by atoms with E-state index in [4.69, 9.17) is 18.9 Å². The van der Waals surface area contributed by atoms with Crippen LogP contribution in [0.3, 0.4) is 0 Å². The highest BCUT2D eigenvalue weighted by Gasteiger charge is 2.36. The van der Waals surface area contributed by atoms with Crippen LogP contribution in [0.25, 0.3) is 6.08 Å². The van der Waals surface area contributed by atoms with Crippen LogP contribution in [0, 0.1) is 0 Å². The van der Waals surface area contributed by atoms with Crippen molar-refractivity contribution in [2.75, 3.05) is 13.7 Å². The minimum atomic E-state index is -0.674. The van der Waals surface area contributed by atoms with Crippen LogP contribution in [0.15, 0.2) is 42.5 Å². The van der Waals surface area contributed by atoms with E-state index in [0.717, 1.165) is 5.57 Å². The van der Waals surface area contributed by atoms with E-state index in [1.165, 1.54) is 7.11 Å². The van der Waals surface area contributed by atoms with E-state index in [1.54, 1.807) is 37.3 Å². The molecule has 0 saturated carbocycles. The standard InChI is InChI=1S/C32H36O8/c1-19(2)18-38-25-14-13-21(15-26(25)37-4)24-17-28(34)40-27-16-22-10-6-5-7-11-23(33)12-8-9-20(3)39-32(36)29(22)31(35)30(24)27/h6,10,13-16,20,24,35H,1,5,7-9,11-12,17-18H2,2-4H3/t20-,24-/m1/s1. The van der Waals surface area contributed by atoms with Crippen LogP contribution in [0.1, 0.15) is 91.8 Å². The lowest BCUT2D eigenvalue weighted by Crippen LogP contribution is -2.23. The summed E-state index contributed by atoms with van der Waals surface area (Å²) in [6.07, 6.45) is 6.47. The predicted molar refractivity (Wildman–Crippen MR) is 150 cm³/mol. The molecule has 0 bridgehead atoms. The molecule has 2 heterocycles. The fourth-order valence-electron chi connectivity index (χ4n) is 5.02. The van der Waals surface area contributed by atoms with Crippen LogP contribution < -0.4 is 14.2 Å². The van der Waals surface area contributed by atoms with Crippen molar-refractivity contribution in [2.24, 2.45) is 0 Å². The molecule has 212 valence electrons. The maximum atomic E-state index is 13.4. The molecule has 2 atom stereocenters. The van der Waals surface area contributed by atoms with Crippen molar-refractivity contribution in [3.63, 3.8) is 0 Å². The summed E-state index contributed by atoms with van der Waals surface area (Å²) < 4.78 is 22.6. The maximum Gasteiger partial charge on any atom is 0.342 e. The van der Waals surface area contributed by atoms with Gasteiger partial charge in [0.25, 0.3) is 0 Å². The number of hydrogen-bond acceptors (Lipinski definition) is 8. The van der Waals surface area contributed by atoms with Crippen LogP contribution in [0.2, 0.25) is 0 Å². The smallest absolute Gasteiger partial charge is 0.342 e. The first kappa shape index (κ1) is 28.9. The average molecular weight is 549 g/mol. The second kappa shape index (κ2) is 12.9. The van der Waals surface area contributed by atoms with E-state index in [0.29, 0.717) is 73.3 Å². The Balaban J connectivity index is 1.78. The number of esters is 2. The molecule has 1 N–H and O–H groups in total. The van der Waals surface area contributed by atoms with Gasteiger partial charge in [-0.3, -0.25) is 9.59 Å². The Morgan fingerprint density at radius 1 is 1.12 bits per heavy atom. The number of fused-ring (bicyclic) bond motifs is 2. The first-order valence-electron chi connectivity index (χ1n) is 13.6.